The molecule has 4 N–H and O–H groups in total. The smallest absolute Gasteiger partial charge is 0.0933 e. The molecular weight excluding hydrogens is 292 g/mol. The first-order valence-corrected chi connectivity index (χ1v) is 9.23. The number of aliphatic hydroxyl groups is 4. The standard InChI is InChI=1S/C19H30O4/c1-18-6-5-13-12-4-3-11(20)7-10(12)8-15(21)17(13)14(18)9-16(22)19(18,2)23/h8,11-17,20-23H,3-7,9H2,1-2H3/t11-,12-,13?,14?,15+,16+,17?,18-,19-/m0/s1. The lowest BCUT2D eigenvalue weighted by Gasteiger charge is -2.55. The molecule has 3 saturated carbocycles. The molecule has 4 heteroatoms. The third kappa shape index (κ3) is 2.05. The molecule has 0 saturated heterocycles. The van der Waals surface area contributed by atoms with Gasteiger partial charge in [-0.15, -0.1) is 0 Å². The second kappa shape index (κ2) is 5.04. The van der Waals surface area contributed by atoms with Crippen LogP contribution in [0.3, 0.4) is 0 Å². The van der Waals surface area contributed by atoms with E-state index in [1.54, 1.807) is 6.92 Å². The van der Waals surface area contributed by atoms with E-state index in [4.69, 9.17) is 0 Å². The number of hydrogen-bond donors (Lipinski definition) is 4. The Hall–Kier alpha value is -0.420. The Morgan fingerprint density at radius 3 is 2.57 bits per heavy atom. The summed E-state index contributed by atoms with van der Waals surface area (Å²) in [6.45, 7) is 3.87. The van der Waals surface area contributed by atoms with Crippen molar-refractivity contribution in [1.29, 1.82) is 0 Å². The SMILES string of the molecule is C[C@]12CCC3C(C1C[C@@H](O)[C@]2(C)O)[C@H](O)C=C1C[C@@H](O)CC[C@@H]13. The highest BCUT2D eigenvalue weighted by atomic mass is 16.3. The highest BCUT2D eigenvalue weighted by molar-refractivity contribution is 5.24. The number of rotatable bonds is 0. The molecule has 0 heterocycles. The van der Waals surface area contributed by atoms with E-state index in [9.17, 15) is 20.4 Å². The van der Waals surface area contributed by atoms with E-state index in [-0.39, 0.29) is 23.4 Å². The van der Waals surface area contributed by atoms with Crippen LogP contribution < -0.4 is 0 Å². The second-order valence-corrected chi connectivity index (χ2v) is 8.98. The van der Waals surface area contributed by atoms with Crippen LogP contribution in [0.5, 0.6) is 0 Å². The molecule has 3 fully saturated rings. The van der Waals surface area contributed by atoms with Gasteiger partial charge in [-0.3, -0.25) is 0 Å². The van der Waals surface area contributed by atoms with Gasteiger partial charge in [-0.25, -0.2) is 0 Å². The lowest BCUT2D eigenvalue weighted by molar-refractivity contribution is -0.146. The topological polar surface area (TPSA) is 80.9 Å². The van der Waals surface area contributed by atoms with Gasteiger partial charge in [0.1, 0.15) is 0 Å². The van der Waals surface area contributed by atoms with Gasteiger partial charge in [0.05, 0.1) is 23.9 Å². The quantitative estimate of drug-likeness (QED) is 0.511. The van der Waals surface area contributed by atoms with Crippen LogP contribution in [0.15, 0.2) is 11.6 Å². The van der Waals surface area contributed by atoms with Crippen molar-refractivity contribution in [3.8, 4) is 0 Å². The van der Waals surface area contributed by atoms with Gasteiger partial charge in [0.25, 0.3) is 0 Å². The van der Waals surface area contributed by atoms with E-state index in [2.05, 4.69) is 6.92 Å². The summed E-state index contributed by atoms with van der Waals surface area (Å²) in [5.74, 6) is 1.18. The fourth-order valence-electron chi connectivity index (χ4n) is 6.52. The molecule has 4 rings (SSSR count). The third-order valence-electron chi connectivity index (χ3n) is 8.11. The van der Waals surface area contributed by atoms with Crippen LogP contribution >= 0.6 is 0 Å². The Bertz CT molecular complexity index is 527. The minimum atomic E-state index is -1.07. The molecule has 3 unspecified atom stereocenters. The molecule has 4 nitrogen and oxygen atoms in total. The van der Waals surface area contributed by atoms with E-state index < -0.39 is 17.8 Å². The van der Waals surface area contributed by atoms with Crippen molar-refractivity contribution in [2.75, 3.05) is 0 Å². The molecule has 0 aromatic heterocycles. The van der Waals surface area contributed by atoms with Crippen molar-refractivity contribution < 1.29 is 20.4 Å². The number of aliphatic hydroxyl groups excluding tert-OH is 3. The van der Waals surface area contributed by atoms with Crippen LogP contribution in [-0.2, 0) is 0 Å². The van der Waals surface area contributed by atoms with E-state index in [0.717, 1.165) is 25.7 Å². The Balaban J connectivity index is 1.70. The van der Waals surface area contributed by atoms with E-state index in [1.807, 2.05) is 6.08 Å². The summed E-state index contributed by atoms with van der Waals surface area (Å²) >= 11 is 0. The molecule has 0 aromatic rings. The maximum Gasteiger partial charge on any atom is 0.0933 e. The van der Waals surface area contributed by atoms with E-state index in [1.165, 1.54) is 5.57 Å². The molecule has 0 spiro atoms. The van der Waals surface area contributed by atoms with Crippen molar-refractivity contribution in [2.45, 2.75) is 76.3 Å². The van der Waals surface area contributed by atoms with Gasteiger partial charge in [-0.2, -0.15) is 0 Å². The summed E-state index contributed by atoms with van der Waals surface area (Å²) in [5.41, 5.74) is -0.158. The Morgan fingerprint density at radius 2 is 1.83 bits per heavy atom. The predicted octanol–water partition coefficient (Wildman–Crippen LogP) is 1.61. The summed E-state index contributed by atoms with van der Waals surface area (Å²) in [6.07, 6.45) is 5.55. The lowest BCUT2D eigenvalue weighted by Crippen LogP contribution is -2.55. The van der Waals surface area contributed by atoms with E-state index >= 15 is 0 Å². The van der Waals surface area contributed by atoms with Crippen LogP contribution in [0.1, 0.15) is 52.4 Å². The van der Waals surface area contributed by atoms with Crippen LogP contribution in [0, 0.1) is 29.1 Å². The van der Waals surface area contributed by atoms with Crippen molar-refractivity contribution >= 4 is 0 Å². The fraction of sp³-hybridized carbons (Fsp3) is 0.895. The maximum absolute atomic E-state index is 10.9. The van der Waals surface area contributed by atoms with E-state index in [0.29, 0.717) is 24.7 Å². The van der Waals surface area contributed by atoms with Crippen LogP contribution in [0.25, 0.3) is 0 Å². The van der Waals surface area contributed by atoms with Crippen LogP contribution in [0.2, 0.25) is 0 Å². The van der Waals surface area contributed by atoms with Crippen LogP contribution in [-0.4, -0.2) is 44.3 Å². The molecule has 0 amide bonds. The fourth-order valence-corrected chi connectivity index (χ4v) is 6.52. The Kier molecular flexibility index (Phi) is 3.52. The van der Waals surface area contributed by atoms with Crippen molar-refractivity contribution in [3.63, 3.8) is 0 Å². The Morgan fingerprint density at radius 1 is 1.09 bits per heavy atom. The summed E-state index contributed by atoms with van der Waals surface area (Å²) in [5, 5.41) is 42.1. The predicted molar refractivity (Wildman–Crippen MR) is 86.5 cm³/mol. The number of fused-ring (bicyclic) bond motifs is 5. The van der Waals surface area contributed by atoms with Gasteiger partial charge in [-0.1, -0.05) is 18.6 Å². The van der Waals surface area contributed by atoms with Gasteiger partial charge >= 0.3 is 0 Å². The van der Waals surface area contributed by atoms with Gasteiger partial charge < -0.3 is 20.4 Å². The molecule has 4 aliphatic carbocycles. The minimum absolute atomic E-state index is 0.126. The van der Waals surface area contributed by atoms with Gasteiger partial charge in [-0.05, 0) is 69.1 Å². The first-order valence-electron chi connectivity index (χ1n) is 9.23. The van der Waals surface area contributed by atoms with Gasteiger partial charge in [0, 0.05) is 5.41 Å². The molecule has 130 valence electrons. The van der Waals surface area contributed by atoms with Crippen LogP contribution in [0.4, 0.5) is 0 Å². The third-order valence-corrected chi connectivity index (χ3v) is 8.11. The molecule has 0 radical (unpaired) electrons. The zero-order valence-electron chi connectivity index (χ0n) is 14.2. The normalized spacial score (nSPS) is 58.9. The highest BCUT2D eigenvalue weighted by Gasteiger charge is 2.65. The molecule has 0 bridgehead atoms. The lowest BCUT2D eigenvalue weighted by atomic mass is 9.50. The first-order chi connectivity index (χ1) is 10.8. The molecular formula is C19H30O4. The summed E-state index contributed by atoms with van der Waals surface area (Å²) in [7, 11) is 0. The first kappa shape index (κ1) is 16.1. The second-order valence-electron chi connectivity index (χ2n) is 8.98. The average molecular weight is 322 g/mol. The molecule has 0 aromatic carbocycles. The van der Waals surface area contributed by atoms with Gasteiger partial charge in [0.15, 0.2) is 0 Å². The summed E-state index contributed by atoms with van der Waals surface area (Å²) < 4.78 is 0. The molecule has 4 aliphatic rings. The monoisotopic (exact) mass is 322 g/mol. The minimum Gasteiger partial charge on any atom is -0.393 e. The zero-order valence-corrected chi connectivity index (χ0v) is 14.2. The summed E-state index contributed by atoms with van der Waals surface area (Å²) in [4.78, 5) is 0. The van der Waals surface area contributed by atoms with Crippen molar-refractivity contribution in [3.05, 3.63) is 11.6 Å². The van der Waals surface area contributed by atoms with Crippen molar-refractivity contribution in [2.24, 2.45) is 29.1 Å². The molecule has 0 aliphatic heterocycles. The van der Waals surface area contributed by atoms with Crippen molar-refractivity contribution in [1.82, 2.24) is 0 Å². The number of hydrogen-bond acceptors (Lipinski definition) is 4. The Labute approximate surface area is 138 Å². The largest absolute Gasteiger partial charge is 0.393 e. The maximum atomic E-state index is 10.9. The zero-order chi connectivity index (χ0) is 16.6. The van der Waals surface area contributed by atoms with Gasteiger partial charge in [0.2, 0.25) is 0 Å². The molecule has 23 heavy (non-hydrogen) atoms. The average Bonchev–Trinajstić information content (AvgIpc) is 2.66. The molecule has 9 atom stereocenters. The summed E-state index contributed by atoms with van der Waals surface area (Å²) in [6, 6.07) is 0. The highest BCUT2D eigenvalue weighted by Crippen LogP contribution is 2.64.